The molecule has 3 rings (SSSR count). The highest BCUT2D eigenvalue weighted by molar-refractivity contribution is 6.31. The number of hydrogen-bond donors (Lipinski definition) is 0. The van der Waals surface area contributed by atoms with Gasteiger partial charge in [0.1, 0.15) is 12.7 Å². The second-order valence-electron chi connectivity index (χ2n) is 5.13. The molecule has 0 amide bonds. The molecule has 0 atom stereocenters. The second-order valence-corrected chi connectivity index (χ2v) is 5.54. The van der Waals surface area contributed by atoms with Crippen LogP contribution in [0.4, 0.5) is 0 Å². The molecule has 6 heteroatoms. The fraction of sp³-hybridized carbons (Fsp3) is 0.188. The monoisotopic (exact) mass is 313 g/mol. The fourth-order valence-corrected chi connectivity index (χ4v) is 2.68. The SMILES string of the molecule is Cc1c(Cl)cccc1-n1c(C)cc(C=Nn2cnnc2)c1C. The number of hydrogen-bond acceptors (Lipinski definition) is 3. The first kappa shape index (κ1) is 14.5. The van der Waals surface area contributed by atoms with Crippen molar-refractivity contribution in [1.82, 2.24) is 19.4 Å². The van der Waals surface area contributed by atoms with E-state index in [9.17, 15) is 0 Å². The summed E-state index contributed by atoms with van der Waals surface area (Å²) in [5.74, 6) is 0. The van der Waals surface area contributed by atoms with Crippen LogP contribution in [0.5, 0.6) is 0 Å². The summed E-state index contributed by atoms with van der Waals surface area (Å²) in [6.07, 6.45) is 4.91. The van der Waals surface area contributed by atoms with Gasteiger partial charge in [0, 0.05) is 27.7 Å². The third-order valence-electron chi connectivity index (χ3n) is 3.69. The summed E-state index contributed by atoms with van der Waals surface area (Å²) in [6, 6.07) is 8.04. The third-order valence-corrected chi connectivity index (χ3v) is 4.10. The highest BCUT2D eigenvalue weighted by atomic mass is 35.5. The Hall–Kier alpha value is -2.40. The molecule has 0 aliphatic carbocycles. The van der Waals surface area contributed by atoms with Crippen molar-refractivity contribution in [2.24, 2.45) is 5.10 Å². The van der Waals surface area contributed by atoms with Gasteiger partial charge in [-0.05, 0) is 44.5 Å². The second kappa shape index (κ2) is 5.77. The maximum Gasteiger partial charge on any atom is 0.141 e. The van der Waals surface area contributed by atoms with Crippen LogP contribution < -0.4 is 0 Å². The van der Waals surface area contributed by atoms with Crippen LogP contribution >= 0.6 is 11.6 Å². The van der Waals surface area contributed by atoms with E-state index in [0.717, 1.165) is 33.2 Å². The topological polar surface area (TPSA) is 48.0 Å². The zero-order chi connectivity index (χ0) is 15.7. The molecule has 3 aromatic rings. The van der Waals surface area contributed by atoms with Gasteiger partial charge in [-0.1, -0.05) is 17.7 Å². The lowest BCUT2D eigenvalue weighted by molar-refractivity contribution is 0.877. The van der Waals surface area contributed by atoms with Crippen LogP contribution in [0.15, 0.2) is 42.0 Å². The smallest absolute Gasteiger partial charge is 0.141 e. The first-order valence-electron chi connectivity index (χ1n) is 6.91. The Bertz CT molecular complexity index is 831. The van der Waals surface area contributed by atoms with Crippen LogP contribution in [0.2, 0.25) is 5.02 Å². The summed E-state index contributed by atoms with van der Waals surface area (Å²) in [5, 5.41) is 12.5. The molecule has 22 heavy (non-hydrogen) atoms. The zero-order valence-electron chi connectivity index (χ0n) is 12.7. The summed E-state index contributed by atoms with van der Waals surface area (Å²) in [6.45, 7) is 6.17. The van der Waals surface area contributed by atoms with Crippen molar-refractivity contribution in [3.05, 3.63) is 64.5 Å². The van der Waals surface area contributed by atoms with Crippen molar-refractivity contribution in [1.29, 1.82) is 0 Å². The molecule has 0 aliphatic rings. The van der Waals surface area contributed by atoms with E-state index in [1.54, 1.807) is 17.3 Å². The van der Waals surface area contributed by atoms with Crippen molar-refractivity contribution in [2.75, 3.05) is 0 Å². The number of aromatic nitrogens is 4. The first-order valence-corrected chi connectivity index (χ1v) is 7.29. The standard InChI is InChI=1S/C16H16ClN5/c1-11-7-14(8-20-21-9-18-19-10-21)13(3)22(11)16-6-4-5-15(17)12(16)2/h4-10H,1-3H3. The number of rotatable bonds is 3. The van der Waals surface area contributed by atoms with Crippen molar-refractivity contribution in [3.8, 4) is 5.69 Å². The Labute approximate surface area is 133 Å². The Morgan fingerprint density at radius 2 is 1.86 bits per heavy atom. The summed E-state index contributed by atoms with van der Waals surface area (Å²) in [7, 11) is 0. The van der Waals surface area contributed by atoms with Gasteiger partial charge in [0.15, 0.2) is 0 Å². The number of aryl methyl sites for hydroxylation is 1. The van der Waals surface area contributed by atoms with E-state index < -0.39 is 0 Å². The van der Waals surface area contributed by atoms with E-state index in [1.807, 2.05) is 25.3 Å². The van der Waals surface area contributed by atoms with E-state index in [1.165, 1.54) is 0 Å². The molecule has 0 spiro atoms. The van der Waals surface area contributed by atoms with Crippen LogP contribution in [0.1, 0.15) is 22.5 Å². The molecule has 2 aromatic heterocycles. The minimum absolute atomic E-state index is 0.768. The Morgan fingerprint density at radius 3 is 2.59 bits per heavy atom. The Morgan fingerprint density at radius 1 is 1.14 bits per heavy atom. The summed E-state index contributed by atoms with van der Waals surface area (Å²) < 4.78 is 3.76. The van der Waals surface area contributed by atoms with E-state index in [0.29, 0.717) is 0 Å². The van der Waals surface area contributed by atoms with E-state index in [4.69, 9.17) is 11.6 Å². The number of halogens is 1. The molecule has 5 nitrogen and oxygen atoms in total. The molecular formula is C16H16ClN5. The molecule has 2 heterocycles. The largest absolute Gasteiger partial charge is 0.318 e. The molecule has 0 saturated heterocycles. The molecule has 0 fully saturated rings. The summed E-state index contributed by atoms with van der Waals surface area (Å²) in [4.78, 5) is 0. The summed E-state index contributed by atoms with van der Waals surface area (Å²) >= 11 is 6.25. The highest BCUT2D eigenvalue weighted by Crippen LogP contribution is 2.26. The van der Waals surface area contributed by atoms with Gasteiger partial charge in [0.2, 0.25) is 0 Å². The molecule has 0 N–H and O–H groups in total. The van der Waals surface area contributed by atoms with Gasteiger partial charge in [-0.25, -0.2) is 4.68 Å². The van der Waals surface area contributed by atoms with Gasteiger partial charge in [-0.2, -0.15) is 5.10 Å². The predicted octanol–water partition coefficient (Wildman–Crippen LogP) is 3.53. The maximum atomic E-state index is 6.25. The first-order chi connectivity index (χ1) is 10.6. The maximum absolute atomic E-state index is 6.25. The minimum atomic E-state index is 0.768. The van der Waals surface area contributed by atoms with Crippen molar-refractivity contribution in [2.45, 2.75) is 20.8 Å². The van der Waals surface area contributed by atoms with Crippen LogP contribution in [0.25, 0.3) is 5.69 Å². The lowest BCUT2D eigenvalue weighted by Gasteiger charge is -2.13. The van der Waals surface area contributed by atoms with Gasteiger partial charge in [0.05, 0.1) is 6.21 Å². The average molecular weight is 314 g/mol. The Kier molecular flexibility index (Phi) is 3.81. The number of benzene rings is 1. The zero-order valence-corrected chi connectivity index (χ0v) is 13.4. The lowest BCUT2D eigenvalue weighted by Crippen LogP contribution is -2.02. The normalized spacial score (nSPS) is 11.5. The third kappa shape index (κ3) is 2.55. The fourth-order valence-electron chi connectivity index (χ4n) is 2.51. The molecule has 0 aliphatic heterocycles. The lowest BCUT2D eigenvalue weighted by atomic mass is 10.2. The van der Waals surface area contributed by atoms with Gasteiger partial charge < -0.3 is 4.57 Å². The Balaban J connectivity index is 2.05. The molecule has 0 bridgehead atoms. The molecule has 0 unspecified atom stereocenters. The average Bonchev–Trinajstić information content (AvgIpc) is 3.09. The number of nitrogens with zero attached hydrogens (tertiary/aromatic N) is 5. The van der Waals surface area contributed by atoms with Gasteiger partial charge in [0.25, 0.3) is 0 Å². The van der Waals surface area contributed by atoms with E-state index in [2.05, 4.69) is 45.8 Å². The molecule has 112 valence electrons. The van der Waals surface area contributed by atoms with Crippen LogP contribution in [0.3, 0.4) is 0 Å². The van der Waals surface area contributed by atoms with Crippen LogP contribution in [0, 0.1) is 20.8 Å². The minimum Gasteiger partial charge on any atom is -0.318 e. The van der Waals surface area contributed by atoms with Gasteiger partial charge >= 0.3 is 0 Å². The highest BCUT2D eigenvalue weighted by Gasteiger charge is 2.12. The molecule has 0 saturated carbocycles. The molecule has 1 aromatic carbocycles. The summed E-state index contributed by atoms with van der Waals surface area (Å²) in [5.41, 5.74) is 5.44. The quantitative estimate of drug-likeness (QED) is 0.694. The van der Waals surface area contributed by atoms with Crippen molar-refractivity contribution < 1.29 is 0 Å². The van der Waals surface area contributed by atoms with Crippen molar-refractivity contribution in [3.63, 3.8) is 0 Å². The van der Waals surface area contributed by atoms with Gasteiger partial charge in [-0.3, -0.25) is 0 Å². The van der Waals surface area contributed by atoms with Crippen molar-refractivity contribution >= 4 is 17.8 Å². The van der Waals surface area contributed by atoms with Gasteiger partial charge in [-0.15, -0.1) is 10.2 Å². The van der Waals surface area contributed by atoms with Crippen LogP contribution in [-0.2, 0) is 0 Å². The van der Waals surface area contributed by atoms with Crippen LogP contribution in [-0.4, -0.2) is 25.7 Å². The van der Waals surface area contributed by atoms with E-state index in [-0.39, 0.29) is 0 Å². The molecule has 0 radical (unpaired) electrons. The van der Waals surface area contributed by atoms with E-state index >= 15 is 0 Å². The predicted molar refractivity (Wildman–Crippen MR) is 88.0 cm³/mol. The molecular weight excluding hydrogens is 298 g/mol.